The molecule has 0 atom stereocenters. The molecule has 0 aliphatic carbocycles. The third kappa shape index (κ3) is 3.25. The number of aromatic nitrogens is 2. The standard InChI is InChI=1S/C13H16BrN3OS/c1-4-10-9(7-17(3)16-10)6-15-13(18)11-5-8(2)12(14)19-11/h5,7H,4,6H2,1-3H3,(H,15,18). The number of rotatable bonds is 4. The summed E-state index contributed by atoms with van der Waals surface area (Å²) >= 11 is 4.89. The van der Waals surface area contributed by atoms with E-state index in [1.165, 1.54) is 11.3 Å². The summed E-state index contributed by atoms with van der Waals surface area (Å²) in [6.07, 6.45) is 2.82. The SMILES string of the molecule is CCc1nn(C)cc1CNC(=O)c1cc(C)c(Br)s1. The number of nitrogens with zero attached hydrogens (tertiary/aromatic N) is 2. The van der Waals surface area contributed by atoms with Gasteiger partial charge in [-0.15, -0.1) is 11.3 Å². The summed E-state index contributed by atoms with van der Waals surface area (Å²) in [6.45, 7) is 4.56. The number of aryl methyl sites for hydroxylation is 3. The molecule has 102 valence electrons. The Morgan fingerprint density at radius 3 is 2.89 bits per heavy atom. The van der Waals surface area contributed by atoms with E-state index >= 15 is 0 Å². The highest BCUT2D eigenvalue weighted by Crippen LogP contribution is 2.27. The first-order valence-electron chi connectivity index (χ1n) is 6.06. The third-order valence-corrected chi connectivity index (χ3v) is 4.98. The van der Waals surface area contributed by atoms with Crippen molar-refractivity contribution in [1.82, 2.24) is 15.1 Å². The molecule has 0 saturated heterocycles. The number of thiophene rings is 1. The van der Waals surface area contributed by atoms with Crippen molar-refractivity contribution < 1.29 is 4.79 Å². The van der Waals surface area contributed by atoms with Gasteiger partial charge in [-0.1, -0.05) is 6.92 Å². The lowest BCUT2D eigenvalue weighted by atomic mass is 10.2. The molecule has 0 bridgehead atoms. The van der Waals surface area contributed by atoms with E-state index < -0.39 is 0 Å². The molecule has 0 aliphatic heterocycles. The number of nitrogens with one attached hydrogen (secondary N) is 1. The molecule has 0 fully saturated rings. The van der Waals surface area contributed by atoms with Crippen LogP contribution in [0.2, 0.25) is 0 Å². The lowest BCUT2D eigenvalue weighted by molar-refractivity contribution is 0.0955. The monoisotopic (exact) mass is 341 g/mol. The Bertz CT molecular complexity index is 584. The molecule has 2 rings (SSSR count). The summed E-state index contributed by atoms with van der Waals surface area (Å²) in [6, 6.07) is 1.90. The molecule has 0 unspecified atom stereocenters. The van der Waals surface area contributed by atoms with Gasteiger partial charge in [-0.2, -0.15) is 5.10 Å². The second-order valence-electron chi connectivity index (χ2n) is 4.38. The van der Waals surface area contributed by atoms with E-state index in [9.17, 15) is 4.79 Å². The minimum Gasteiger partial charge on any atom is -0.347 e. The lowest BCUT2D eigenvalue weighted by Gasteiger charge is -2.02. The molecule has 1 amide bonds. The minimum atomic E-state index is -0.0373. The normalized spacial score (nSPS) is 10.7. The lowest BCUT2D eigenvalue weighted by Crippen LogP contribution is -2.22. The van der Waals surface area contributed by atoms with Crippen LogP contribution < -0.4 is 5.32 Å². The molecule has 4 nitrogen and oxygen atoms in total. The molecule has 0 radical (unpaired) electrons. The Kier molecular flexibility index (Phi) is 4.42. The average Bonchev–Trinajstić information content (AvgIpc) is 2.90. The Morgan fingerprint density at radius 1 is 1.58 bits per heavy atom. The van der Waals surface area contributed by atoms with Crippen LogP contribution in [0.3, 0.4) is 0 Å². The van der Waals surface area contributed by atoms with Gasteiger partial charge in [-0.3, -0.25) is 9.48 Å². The molecular formula is C13H16BrN3OS. The molecule has 2 aromatic rings. The van der Waals surface area contributed by atoms with Crippen molar-refractivity contribution in [3.63, 3.8) is 0 Å². The number of hydrogen-bond acceptors (Lipinski definition) is 3. The summed E-state index contributed by atoms with van der Waals surface area (Å²) in [4.78, 5) is 12.8. The van der Waals surface area contributed by atoms with E-state index in [2.05, 4.69) is 33.3 Å². The van der Waals surface area contributed by atoms with Gasteiger partial charge in [0.2, 0.25) is 0 Å². The van der Waals surface area contributed by atoms with Gasteiger partial charge in [0.05, 0.1) is 14.4 Å². The van der Waals surface area contributed by atoms with Crippen LogP contribution in [0.1, 0.15) is 33.4 Å². The fraction of sp³-hybridized carbons (Fsp3) is 0.385. The number of carbonyl (C=O) groups excluding carboxylic acids is 1. The smallest absolute Gasteiger partial charge is 0.261 e. The minimum absolute atomic E-state index is 0.0373. The largest absolute Gasteiger partial charge is 0.347 e. The van der Waals surface area contributed by atoms with Crippen LogP contribution in [0.15, 0.2) is 16.0 Å². The predicted octanol–water partition coefficient (Wildman–Crippen LogP) is 3.04. The van der Waals surface area contributed by atoms with Crippen molar-refractivity contribution in [1.29, 1.82) is 0 Å². The zero-order valence-electron chi connectivity index (χ0n) is 11.2. The molecule has 1 N–H and O–H groups in total. The van der Waals surface area contributed by atoms with Gasteiger partial charge in [0.25, 0.3) is 5.91 Å². The summed E-state index contributed by atoms with van der Waals surface area (Å²) in [5.41, 5.74) is 3.20. The van der Waals surface area contributed by atoms with E-state index in [4.69, 9.17) is 0 Å². The maximum Gasteiger partial charge on any atom is 0.261 e. The van der Waals surface area contributed by atoms with Gasteiger partial charge >= 0.3 is 0 Å². The number of halogens is 1. The molecule has 2 aromatic heterocycles. The Hall–Kier alpha value is -1.14. The second kappa shape index (κ2) is 5.88. The fourth-order valence-electron chi connectivity index (χ4n) is 1.86. The first kappa shape index (κ1) is 14.3. The third-order valence-electron chi connectivity index (χ3n) is 2.85. The molecule has 19 heavy (non-hydrogen) atoms. The molecule has 0 spiro atoms. The zero-order chi connectivity index (χ0) is 14.0. The quantitative estimate of drug-likeness (QED) is 0.928. The maximum atomic E-state index is 12.0. The van der Waals surface area contributed by atoms with Gasteiger partial charge in [0.15, 0.2) is 0 Å². The Morgan fingerprint density at radius 2 is 2.32 bits per heavy atom. The van der Waals surface area contributed by atoms with E-state index in [0.717, 1.165) is 31.9 Å². The van der Waals surface area contributed by atoms with Crippen LogP contribution in [-0.2, 0) is 20.0 Å². The Labute approximate surface area is 125 Å². The van der Waals surface area contributed by atoms with Gasteiger partial charge in [0.1, 0.15) is 0 Å². The van der Waals surface area contributed by atoms with Crippen molar-refractivity contribution in [2.24, 2.45) is 7.05 Å². The molecular weight excluding hydrogens is 326 g/mol. The summed E-state index contributed by atoms with van der Waals surface area (Å²) < 4.78 is 2.79. The predicted molar refractivity (Wildman–Crippen MR) is 80.5 cm³/mol. The highest BCUT2D eigenvalue weighted by atomic mass is 79.9. The first-order chi connectivity index (χ1) is 9.01. The van der Waals surface area contributed by atoms with E-state index in [1.807, 2.05) is 26.2 Å². The number of hydrogen-bond donors (Lipinski definition) is 1. The molecule has 2 heterocycles. The van der Waals surface area contributed by atoms with E-state index in [-0.39, 0.29) is 5.91 Å². The van der Waals surface area contributed by atoms with E-state index in [1.54, 1.807) is 4.68 Å². The number of carbonyl (C=O) groups is 1. The van der Waals surface area contributed by atoms with Gasteiger partial charge in [-0.05, 0) is 40.9 Å². The molecule has 6 heteroatoms. The highest BCUT2D eigenvalue weighted by molar-refractivity contribution is 9.11. The molecule has 0 aliphatic rings. The van der Waals surface area contributed by atoms with Crippen LogP contribution in [0.25, 0.3) is 0 Å². The molecule has 0 aromatic carbocycles. The zero-order valence-corrected chi connectivity index (χ0v) is 13.6. The van der Waals surface area contributed by atoms with Crippen molar-refractivity contribution in [2.75, 3.05) is 0 Å². The average molecular weight is 342 g/mol. The van der Waals surface area contributed by atoms with Crippen molar-refractivity contribution in [2.45, 2.75) is 26.8 Å². The summed E-state index contributed by atoms with van der Waals surface area (Å²) in [5.74, 6) is -0.0373. The van der Waals surface area contributed by atoms with Gasteiger partial charge in [0, 0.05) is 25.4 Å². The van der Waals surface area contributed by atoms with Crippen molar-refractivity contribution in [3.8, 4) is 0 Å². The topological polar surface area (TPSA) is 46.9 Å². The highest BCUT2D eigenvalue weighted by Gasteiger charge is 2.12. The van der Waals surface area contributed by atoms with Crippen LogP contribution in [0.5, 0.6) is 0 Å². The van der Waals surface area contributed by atoms with E-state index in [0.29, 0.717) is 6.54 Å². The summed E-state index contributed by atoms with van der Waals surface area (Å²) in [5, 5.41) is 7.30. The second-order valence-corrected chi connectivity index (χ2v) is 6.75. The Balaban J connectivity index is 2.04. The van der Waals surface area contributed by atoms with Crippen LogP contribution in [-0.4, -0.2) is 15.7 Å². The fourth-order valence-corrected chi connectivity index (χ4v) is 3.31. The van der Waals surface area contributed by atoms with Gasteiger partial charge < -0.3 is 5.32 Å². The van der Waals surface area contributed by atoms with Crippen LogP contribution >= 0.6 is 27.3 Å². The maximum absolute atomic E-state index is 12.0. The van der Waals surface area contributed by atoms with Crippen molar-refractivity contribution in [3.05, 3.63) is 37.7 Å². The summed E-state index contributed by atoms with van der Waals surface area (Å²) in [7, 11) is 1.89. The van der Waals surface area contributed by atoms with Crippen LogP contribution in [0.4, 0.5) is 0 Å². The number of amides is 1. The molecule has 0 saturated carbocycles. The van der Waals surface area contributed by atoms with Crippen LogP contribution in [0, 0.1) is 6.92 Å². The van der Waals surface area contributed by atoms with Gasteiger partial charge in [-0.25, -0.2) is 0 Å². The van der Waals surface area contributed by atoms with Crippen molar-refractivity contribution >= 4 is 33.2 Å². The first-order valence-corrected chi connectivity index (χ1v) is 7.67.